The number of methoxy groups -OCH3 is 1. The molecule has 1 aromatic carbocycles. The fourth-order valence-electron chi connectivity index (χ4n) is 1.70. The third kappa shape index (κ3) is 8.92. The number of hydrogen-bond acceptors (Lipinski definition) is 5. The molecular formula is C15H23ClN2O3S. The van der Waals surface area contributed by atoms with E-state index < -0.39 is 0 Å². The summed E-state index contributed by atoms with van der Waals surface area (Å²) < 4.78 is 4.59. The van der Waals surface area contributed by atoms with Gasteiger partial charge in [0.25, 0.3) is 0 Å². The number of carbonyl (C=O) groups excluding carboxylic acids is 2. The Labute approximate surface area is 142 Å². The van der Waals surface area contributed by atoms with Gasteiger partial charge >= 0.3 is 5.97 Å². The van der Waals surface area contributed by atoms with Crippen LogP contribution in [0.4, 0.5) is 5.69 Å². The first kappa shape index (κ1) is 20.8. The van der Waals surface area contributed by atoms with E-state index in [-0.39, 0.29) is 24.3 Å². The Bertz CT molecular complexity index is 472. The number of amides is 1. The van der Waals surface area contributed by atoms with Gasteiger partial charge in [0, 0.05) is 17.9 Å². The molecule has 5 nitrogen and oxygen atoms in total. The summed E-state index contributed by atoms with van der Waals surface area (Å²) in [4.78, 5) is 22.8. The van der Waals surface area contributed by atoms with Gasteiger partial charge in [-0.3, -0.25) is 9.59 Å². The lowest BCUT2D eigenvalue weighted by Gasteiger charge is -2.07. The summed E-state index contributed by atoms with van der Waals surface area (Å²) in [5.41, 5.74) is 1.86. The van der Waals surface area contributed by atoms with Gasteiger partial charge in [-0.2, -0.15) is 0 Å². The van der Waals surface area contributed by atoms with Gasteiger partial charge in [0.1, 0.15) is 0 Å². The number of rotatable bonds is 9. The Balaban J connectivity index is 0.00000441. The molecule has 0 atom stereocenters. The number of carbonyl (C=O) groups is 2. The molecule has 0 fully saturated rings. The lowest BCUT2D eigenvalue weighted by atomic mass is 10.2. The molecule has 0 aliphatic heterocycles. The smallest absolute Gasteiger partial charge is 0.315 e. The van der Waals surface area contributed by atoms with Crippen molar-refractivity contribution in [3.05, 3.63) is 29.8 Å². The first-order chi connectivity index (χ1) is 10.2. The van der Waals surface area contributed by atoms with Gasteiger partial charge in [-0.15, -0.1) is 24.2 Å². The van der Waals surface area contributed by atoms with Gasteiger partial charge in [0.2, 0.25) is 5.91 Å². The third-order valence-electron chi connectivity index (χ3n) is 2.76. The van der Waals surface area contributed by atoms with Crippen molar-refractivity contribution in [2.24, 2.45) is 0 Å². The second kappa shape index (κ2) is 12.3. The van der Waals surface area contributed by atoms with Crippen LogP contribution in [0.3, 0.4) is 0 Å². The van der Waals surface area contributed by atoms with E-state index in [4.69, 9.17) is 0 Å². The van der Waals surface area contributed by atoms with Crippen LogP contribution in [0.25, 0.3) is 0 Å². The third-order valence-corrected chi connectivity index (χ3v) is 3.73. The van der Waals surface area contributed by atoms with Crippen LogP contribution in [0, 0.1) is 0 Å². The van der Waals surface area contributed by atoms with Gasteiger partial charge in [-0.05, 0) is 37.7 Å². The van der Waals surface area contributed by atoms with Crippen LogP contribution in [-0.2, 0) is 20.1 Å². The lowest BCUT2D eigenvalue weighted by Crippen LogP contribution is -2.15. The molecule has 1 rings (SSSR count). The minimum atomic E-state index is -0.228. The average Bonchev–Trinajstić information content (AvgIpc) is 2.47. The molecule has 0 radical (unpaired) electrons. The number of ether oxygens (including phenoxy) is 1. The standard InChI is InChI=1S/C15H22N2O3S.ClH/c1-16-8-4-7-14(18)17-13-6-3-5-12(9-13)10-21-11-15(19)20-2;/h3,5-6,9,16H,4,7-8,10-11H2,1-2H3,(H,17,18);1H. The second-order valence-corrected chi connectivity index (χ2v) is 5.51. The van der Waals surface area contributed by atoms with E-state index in [1.165, 1.54) is 18.9 Å². The van der Waals surface area contributed by atoms with Crippen LogP contribution >= 0.6 is 24.2 Å². The van der Waals surface area contributed by atoms with Crippen LogP contribution in [0.15, 0.2) is 24.3 Å². The minimum Gasteiger partial charge on any atom is -0.468 e. The second-order valence-electron chi connectivity index (χ2n) is 4.52. The monoisotopic (exact) mass is 346 g/mol. The molecule has 124 valence electrons. The topological polar surface area (TPSA) is 67.4 Å². The first-order valence-corrected chi connectivity index (χ1v) is 7.99. The predicted molar refractivity (Wildman–Crippen MR) is 93.7 cm³/mol. The van der Waals surface area contributed by atoms with Crippen molar-refractivity contribution in [1.29, 1.82) is 0 Å². The van der Waals surface area contributed by atoms with Crippen molar-refractivity contribution < 1.29 is 14.3 Å². The molecule has 0 aliphatic rings. The SMILES string of the molecule is CNCCCC(=O)Nc1cccc(CSCC(=O)OC)c1.Cl. The fraction of sp³-hybridized carbons (Fsp3) is 0.467. The Hall–Kier alpha value is -1.24. The molecule has 0 saturated heterocycles. The molecule has 1 aromatic rings. The molecule has 7 heteroatoms. The molecule has 22 heavy (non-hydrogen) atoms. The molecule has 0 aliphatic carbocycles. The maximum absolute atomic E-state index is 11.7. The summed E-state index contributed by atoms with van der Waals surface area (Å²) in [6.07, 6.45) is 1.32. The lowest BCUT2D eigenvalue weighted by molar-refractivity contribution is -0.137. The van der Waals surface area contributed by atoms with Gasteiger partial charge in [-0.25, -0.2) is 0 Å². The molecule has 0 spiro atoms. The number of halogens is 1. The fourth-order valence-corrected chi connectivity index (χ4v) is 2.50. The molecule has 0 bridgehead atoms. The highest BCUT2D eigenvalue weighted by Crippen LogP contribution is 2.17. The highest BCUT2D eigenvalue weighted by Gasteiger charge is 2.04. The molecule has 0 unspecified atom stereocenters. The maximum Gasteiger partial charge on any atom is 0.315 e. The van der Waals surface area contributed by atoms with E-state index in [1.54, 1.807) is 0 Å². The number of esters is 1. The maximum atomic E-state index is 11.7. The molecule has 2 N–H and O–H groups in total. The zero-order valence-electron chi connectivity index (χ0n) is 12.9. The zero-order valence-corrected chi connectivity index (χ0v) is 14.5. The summed E-state index contributed by atoms with van der Waals surface area (Å²) >= 11 is 1.49. The highest BCUT2D eigenvalue weighted by atomic mass is 35.5. The summed E-state index contributed by atoms with van der Waals surface area (Å²) in [6, 6.07) is 7.67. The number of hydrogen-bond donors (Lipinski definition) is 2. The van der Waals surface area contributed by atoms with E-state index >= 15 is 0 Å². The Morgan fingerprint density at radius 1 is 1.32 bits per heavy atom. The van der Waals surface area contributed by atoms with Crippen LogP contribution < -0.4 is 10.6 Å². The van der Waals surface area contributed by atoms with Crippen LogP contribution in [0.2, 0.25) is 0 Å². The largest absolute Gasteiger partial charge is 0.468 e. The van der Waals surface area contributed by atoms with Gasteiger partial charge < -0.3 is 15.4 Å². The van der Waals surface area contributed by atoms with Crippen LogP contribution in [0.5, 0.6) is 0 Å². The summed E-state index contributed by atoms with van der Waals surface area (Å²) in [6.45, 7) is 0.831. The van der Waals surface area contributed by atoms with Crippen molar-refractivity contribution >= 4 is 41.7 Å². The quantitative estimate of drug-likeness (QED) is 0.531. The number of benzene rings is 1. The van der Waals surface area contributed by atoms with E-state index in [0.717, 1.165) is 24.2 Å². The van der Waals surface area contributed by atoms with E-state index in [1.807, 2.05) is 31.3 Å². The van der Waals surface area contributed by atoms with Gasteiger partial charge in [0.05, 0.1) is 12.9 Å². The van der Waals surface area contributed by atoms with E-state index in [2.05, 4.69) is 15.4 Å². The Kier molecular flexibility index (Phi) is 11.6. The zero-order chi connectivity index (χ0) is 15.5. The number of nitrogens with one attached hydrogen (secondary N) is 2. The molecule has 0 saturated carbocycles. The minimum absolute atomic E-state index is 0. The molecule has 1 amide bonds. The van der Waals surface area contributed by atoms with Crippen LogP contribution in [0.1, 0.15) is 18.4 Å². The average molecular weight is 347 g/mol. The van der Waals surface area contributed by atoms with Crippen molar-refractivity contribution in [3.63, 3.8) is 0 Å². The normalized spacial score (nSPS) is 9.73. The molecule has 0 heterocycles. The number of anilines is 1. The highest BCUT2D eigenvalue weighted by molar-refractivity contribution is 7.99. The van der Waals surface area contributed by atoms with Crippen molar-refractivity contribution in [3.8, 4) is 0 Å². The summed E-state index contributed by atoms with van der Waals surface area (Å²) in [7, 11) is 3.25. The Morgan fingerprint density at radius 2 is 2.09 bits per heavy atom. The van der Waals surface area contributed by atoms with Crippen molar-refractivity contribution in [1.82, 2.24) is 5.32 Å². The molecule has 0 aromatic heterocycles. The van der Waals surface area contributed by atoms with Crippen molar-refractivity contribution in [2.75, 3.05) is 31.8 Å². The predicted octanol–water partition coefficient (Wildman–Crippen LogP) is 2.45. The number of thioether (sulfide) groups is 1. The van der Waals surface area contributed by atoms with Gasteiger partial charge in [0.15, 0.2) is 0 Å². The molecular weight excluding hydrogens is 324 g/mol. The summed E-state index contributed by atoms with van der Waals surface area (Å²) in [5.74, 6) is 0.828. The summed E-state index contributed by atoms with van der Waals surface area (Å²) in [5, 5.41) is 5.90. The van der Waals surface area contributed by atoms with E-state index in [0.29, 0.717) is 17.9 Å². The van der Waals surface area contributed by atoms with Crippen LogP contribution in [-0.4, -0.2) is 38.3 Å². The van der Waals surface area contributed by atoms with Crippen molar-refractivity contribution in [2.45, 2.75) is 18.6 Å². The first-order valence-electron chi connectivity index (χ1n) is 6.83. The van der Waals surface area contributed by atoms with E-state index in [9.17, 15) is 9.59 Å². The Morgan fingerprint density at radius 3 is 2.77 bits per heavy atom. The van der Waals surface area contributed by atoms with Gasteiger partial charge in [-0.1, -0.05) is 12.1 Å².